The molecule has 4 rings (SSSR count). The second-order valence-corrected chi connectivity index (χ2v) is 13.8. The van der Waals surface area contributed by atoms with Crippen LogP contribution in [-0.4, -0.2) is 64.6 Å². The molecule has 0 radical (unpaired) electrons. The van der Waals surface area contributed by atoms with Crippen LogP contribution in [0.25, 0.3) is 5.52 Å². The van der Waals surface area contributed by atoms with Crippen molar-refractivity contribution in [3.8, 4) is 11.8 Å². The summed E-state index contributed by atoms with van der Waals surface area (Å²) in [6.45, 7) is 8.95. The zero-order valence-electron chi connectivity index (χ0n) is 28.2. The molecule has 0 saturated carbocycles. The average Bonchev–Trinajstić information content (AvgIpc) is 3.63. The number of para-hydroxylation sites is 1. The molecule has 1 aromatic carbocycles. The van der Waals surface area contributed by atoms with Gasteiger partial charge in [-0.2, -0.15) is 15.4 Å². The highest BCUT2D eigenvalue weighted by atomic mass is 31.2. The van der Waals surface area contributed by atoms with E-state index in [1.807, 2.05) is 13.0 Å². The van der Waals surface area contributed by atoms with Crippen molar-refractivity contribution in [2.75, 3.05) is 18.9 Å². The highest BCUT2D eigenvalue weighted by Crippen LogP contribution is 2.50. The normalized spacial score (nSPS) is 22.3. The molecule has 1 aliphatic rings. The van der Waals surface area contributed by atoms with E-state index in [0.29, 0.717) is 23.3 Å². The van der Waals surface area contributed by atoms with Crippen molar-refractivity contribution >= 4 is 36.9 Å². The maximum Gasteiger partial charge on any atom is 0.459 e. The molecule has 0 spiro atoms. The highest BCUT2D eigenvalue weighted by Gasteiger charge is 2.62. The van der Waals surface area contributed by atoms with E-state index in [-0.39, 0.29) is 12.4 Å². The van der Waals surface area contributed by atoms with Gasteiger partial charge in [0, 0.05) is 6.20 Å². The fourth-order valence-corrected chi connectivity index (χ4v) is 6.37. The lowest BCUT2D eigenvalue weighted by Gasteiger charge is -2.31. The number of fused-ring (bicyclic) bond motifs is 1. The first kappa shape index (κ1) is 37.3. The molecule has 1 saturated heterocycles. The molecule has 6 atom stereocenters. The van der Waals surface area contributed by atoms with Crippen LogP contribution < -0.4 is 15.3 Å². The van der Waals surface area contributed by atoms with Crippen molar-refractivity contribution in [1.82, 2.24) is 14.7 Å². The minimum absolute atomic E-state index is 0.124. The van der Waals surface area contributed by atoms with Crippen molar-refractivity contribution in [2.24, 2.45) is 11.8 Å². The standard InChI is InChI=1S/C33H42N5O10P/c1-7-17-43-32(41)22(6)37-49(42,48-23-11-9-8-10-12-23)44-19-33(18-34)29(46-31(40)21(4)5)28(45-30(39)20(2)3)27(47-33)26-14-13-25-24(35)15-16-36-38(25)26/h8-16,20-22,27-29H,7,17,19,35H2,1-6H3,(H,37,42)/t22-,27-,28-,29-,33+,49?/m0/s1. The summed E-state index contributed by atoms with van der Waals surface area (Å²) in [5.41, 5.74) is 5.15. The number of nitrogens with one attached hydrogen (secondary N) is 1. The third-order valence-corrected chi connectivity index (χ3v) is 9.12. The molecule has 0 amide bonds. The summed E-state index contributed by atoms with van der Waals surface area (Å²) < 4.78 is 50.8. The van der Waals surface area contributed by atoms with Crippen LogP contribution in [0.5, 0.6) is 5.75 Å². The third-order valence-electron chi connectivity index (χ3n) is 7.50. The summed E-state index contributed by atoms with van der Waals surface area (Å²) in [4.78, 5) is 38.8. The lowest BCUT2D eigenvalue weighted by Crippen LogP contribution is -2.50. The van der Waals surface area contributed by atoms with E-state index in [1.165, 1.54) is 29.8 Å². The molecule has 3 N–H and O–H groups in total. The molecule has 49 heavy (non-hydrogen) atoms. The van der Waals surface area contributed by atoms with Crippen molar-refractivity contribution in [2.45, 2.75) is 77.9 Å². The van der Waals surface area contributed by atoms with Crippen molar-refractivity contribution in [3.63, 3.8) is 0 Å². The van der Waals surface area contributed by atoms with Crippen LogP contribution in [0.1, 0.15) is 59.8 Å². The Balaban J connectivity index is 1.79. The summed E-state index contributed by atoms with van der Waals surface area (Å²) in [7, 11) is -4.52. The van der Waals surface area contributed by atoms with Gasteiger partial charge in [-0.1, -0.05) is 52.8 Å². The minimum atomic E-state index is -4.52. The number of hydrogen-bond donors (Lipinski definition) is 2. The van der Waals surface area contributed by atoms with Crippen LogP contribution >= 0.6 is 7.75 Å². The van der Waals surface area contributed by atoms with Crippen molar-refractivity contribution in [3.05, 3.63) is 60.4 Å². The Morgan fingerprint density at radius 3 is 2.35 bits per heavy atom. The van der Waals surface area contributed by atoms with E-state index in [0.717, 1.165) is 0 Å². The summed E-state index contributed by atoms with van der Waals surface area (Å²) in [5, 5.41) is 17.7. The number of hydrogen-bond acceptors (Lipinski definition) is 13. The van der Waals surface area contributed by atoms with Gasteiger partial charge in [0.15, 0.2) is 12.2 Å². The van der Waals surface area contributed by atoms with Gasteiger partial charge in [0.25, 0.3) is 0 Å². The predicted molar refractivity (Wildman–Crippen MR) is 176 cm³/mol. The van der Waals surface area contributed by atoms with Crippen LogP contribution in [0.15, 0.2) is 54.7 Å². The largest absolute Gasteiger partial charge is 0.465 e. The Hall–Kier alpha value is -4.48. The van der Waals surface area contributed by atoms with Gasteiger partial charge in [0.1, 0.15) is 30.6 Å². The Kier molecular flexibility index (Phi) is 12.1. The zero-order chi connectivity index (χ0) is 35.9. The number of esters is 3. The third kappa shape index (κ3) is 8.58. The molecular formula is C33H42N5O10P. The highest BCUT2D eigenvalue weighted by molar-refractivity contribution is 7.52. The zero-order valence-corrected chi connectivity index (χ0v) is 29.1. The lowest BCUT2D eigenvalue weighted by atomic mass is 9.95. The molecule has 0 bridgehead atoms. The maximum atomic E-state index is 14.3. The Bertz CT molecular complexity index is 1730. The number of nitrogen functional groups attached to an aromatic ring is 1. The summed E-state index contributed by atoms with van der Waals surface area (Å²) in [6.07, 6.45) is -2.22. The number of carbonyl (C=O) groups excluding carboxylic acids is 3. The lowest BCUT2D eigenvalue weighted by molar-refractivity contribution is -0.173. The van der Waals surface area contributed by atoms with E-state index in [2.05, 4.69) is 10.2 Å². The van der Waals surface area contributed by atoms with Crippen molar-refractivity contribution < 1.29 is 46.9 Å². The smallest absolute Gasteiger partial charge is 0.459 e. The average molecular weight is 700 g/mol. The molecule has 1 fully saturated rings. The molecule has 15 nitrogen and oxygen atoms in total. The van der Waals surface area contributed by atoms with E-state index in [4.69, 9.17) is 33.7 Å². The van der Waals surface area contributed by atoms with E-state index in [9.17, 15) is 24.2 Å². The van der Waals surface area contributed by atoms with Gasteiger partial charge in [-0.05, 0) is 43.7 Å². The topological polar surface area (TPSA) is 203 Å². The quantitative estimate of drug-likeness (QED) is 0.127. The van der Waals surface area contributed by atoms with Crippen LogP contribution in [-0.2, 0) is 42.4 Å². The summed E-state index contributed by atoms with van der Waals surface area (Å²) in [5.74, 6) is -3.24. The van der Waals surface area contributed by atoms with Gasteiger partial charge in [-0.15, -0.1) is 0 Å². The number of aromatic nitrogens is 2. The number of nitrogens with two attached hydrogens (primary N) is 1. The molecule has 0 aliphatic carbocycles. The molecule has 3 aromatic rings. The van der Waals surface area contributed by atoms with E-state index < -0.39 is 74.1 Å². The molecule has 1 aliphatic heterocycles. The Morgan fingerprint density at radius 1 is 1.04 bits per heavy atom. The summed E-state index contributed by atoms with van der Waals surface area (Å²) >= 11 is 0. The molecule has 3 heterocycles. The number of benzene rings is 1. The summed E-state index contributed by atoms with van der Waals surface area (Å²) in [6, 6.07) is 13.8. The number of ether oxygens (including phenoxy) is 4. The fraction of sp³-hybridized carbons (Fsp3) is 0.485. The SMILES string of the molecule is CCCOC(=O)[C@H](C)NP(=O)(OC[C@@]1(C#N)O[C@@H](c2ccc3c(N)ccnn23)[C@H](OC(=O)C(C)C)[C@@H]1OC(=O)C(C)C)Oc1ccccc1. The van der Waals surface area contributed by atoms with E-state index in [1.54, 1.807) is 64.1 Å². The monoisotopic (exact) mass is 699 g/mol. The number of anilines is 1. The van der Waals surface area contributed by atoms with E-state index >= 15 is 0 Å². The molecule has 264 valence electrons. The second-order valence-electron chi connectivity index (χ2n) is 12.1. The van der Waals surface area contributed by atoms with Gasteiger partial charge >= 0.3 is 25.7 Å². The molecule has 1 unspecified atom stereocenters. The van der Waals surface area contributed by atoms with Crippen LogP contribution in [0, 0.1) is 23.2 Å². The number of carbonyl (C=O) groups is 3. The van der Waals surface area contributed by atoms with Crippen LogP contribution in [0.2, 0.25) is 0 Å². The number of rotatable bonds is 15. The second kappa shape index (κ2) is 15.8. The van der Waals surface area contributed by atoms with Crippen LogP contribution in [0.4, 0.5) is 5.69 Å². The van der Waals surface area contributed by atoms with Gasteiger partial charge < -0.3 is 29.2 Å². The predicted octanol–water partition coefficient (Wildman–Crippen LogP) is 4.52. The molecule has 2 aromatic heterocycles. The van der Waals surface area contributed by atoms with Gasteiger partial charge in [-0.25, -0.2) is 9.08 Å². The first-order valence-electron chi connectivity index (χ1n) is 15.9. The first-order chi connectivity index (χ1) is 23.2. The van der Waals surface area contributed by atoms with Crippen LogP contribution in [0.3, 0.4) is 0 Å². The number of nitrogens with zero attached hydrogens (tertiary/aromatic N) is 3. The van der Waals surface area contributed by atoms with Gasteiger partial charge in [0.2, 0.25) is 5.60 Å². The fourth-order valence-electron chi connectivity index (χ4n) is 4.85. The van der Waals surface area contributed by atoms with Gasteiger partial charge in [-0.3, -0.25) is 18.9 Å². The van der Waals surface area contributed by atoms with Gasteiger partial charge in [0.05, 0.1) is 35.3 Å². The maximum absolute atomic E-state index is 14.3. The number of nitriles is 1. The molecule has 16 heteroatoms. The minimum Gasteiger partial charge on any atom is -0.465 e. The first-order valence-corrected chi connectivity index (χ1v) is 17.4. The van der Waals surface area contributed by atoms with Crippen molar-refractivity contribution in [1.29, 1.82) is 5.26 Å². The Labute approximate surface area is 284 Å². The Morgan fingerprint density at radius 2 is 1.71 bits per heavy atom. The molecular weight excluding hydrogens is 657 g/mol.